The molecule has 0 unspecified atom stereocenters. The topological polar surface area (TPSA) is 146 Å². The number of hydrogen-bond donors (Lipinski definition) is 3. The van der Waals surface area contributed by atoms with E-state index in [0.29, 0.717) is 22.7 Å². The maximum absolute atomic E-state index is 12.4. The number of carboxylic acids is 2. The Morgan fingerprint density at radius 1 is 1.21 bits per heavy atom. The molecule has 3 N–H and O–H groups in total. The Morgan fingerprint density at radius 2 is 1.96 bits per heavy atom. The number of oxime groups is 1. The minimum atomic E-state index is -1.25. The van der Waals surface area contributed by atoms with E-state index in [4.69, 9.17) is 9.94 Å². The molecule has 10 heteroatoms. The van der Waals surface area contributed by atoms with Crippen LogP contribution in [0.2, 0.25) is 0 Å². The maximum atomic E-state index is 12.4. The van der Waals surface area contributed by atoms with Crippen LogP contribution in [0, 0.1) is 0 Å². The molecule has 2 aromatic heterocycles. The van der Waals surface area contributed by atoms with Crippen LogP contribution < -0.4 is 5.56 Å². The van der Waals surface area contributed by atoms with Gasteiger partial charge in [-0.15, -0.1) is 0 Å². The largest absolute Gasteiger partial charge is 0.481 e. The summed E-state index contributed by atoms with van der Waals surface area (Å²) in [6, 6.07) is 7.21. The van der Waals surface area contributed by atoms with E-state index in [9.17, 15) is 19.5 Å². The Balaban J connectivity index is 1.85. The van der Waals surface area contributed by atoms with Crippen LogP contribution in [0.4, 0.5) is 0 Å². The first-order chi connectivity index (χ1) is 13.5. The van der Waals surface area contributed by atoms with Crippen LogP contribution in [0.25, 0.3) is 16.9 Å². The Kier molecular flexibility index (Phi) is 4.15. The lowest BCUT2D eigenvalue weighted by Crippen LogP contribution is -2.16. The van der Waals surface area contributed by atoms with E-state index < -0.39 is 17.5 Å². The van der Waals surface area contributed by atoms with E-state index in [-0.39, 0.29) is 30.8 Å². The van der Waals surface area contributed by atoms with Gasteiger partial charge in [0.1, 0.15) is 18.0 Å². The molecular formula is C18H14N4O6. The van der Waals surface area contributed by atoms with Crippen LogP contribution in [0.1, 0.15) is 34.6 Å². The summed E-state index contributed by atoms with van der Waals surface area (Å²) in [6.45, 7) is 0.101. The van der Waals surface area contributed by atoms with Crippen LogP contribution in [0.3, 0.4) is 0 Å². The predicted molar refractivity (Wildman–Crippen MR) is 96.7 cm³/mol. The highest BCUT2D eigenvalue weighted by Crippen LogP contribution is 2.35. The first kappa shape index (κ1) is 17.5. The van der Waals surface area contributed by atoms with Crippen LogP contribution >= 0.6 is 0 Å². The number of carbonyl (C=O) groups is 2. The molecule has 2 heterocycles. The molecule has 142 valence electrons. The van der Waals surface area contributed by atoms with Crippen LogP contribution in [-0.2, 0) is 9.63 Å². The van der Waals surface area contributed by atoms with Crippen molar-refractivity contribution in [3.05, 3.63) is 57.8 Å². The third kappa shape index (κ3) is 2.80. The number of aromatic carboxylic acids is 1. The number of carboxylic acid groups (broad SMARTS) is 2. The van der Waals surface area contributed by atoms with Gasteiger partial charge in [0.2, 0.25) is 5.65 Å². The van der Waals surface area contributed by atoms with E-state index in [1.54, 1.807) is 24.3 Å². The molecule has 28 heavy (non-hydrogen) atoms. The fraction of sp³-hybridized carbons (Fsp3) is 0.167. The summed E-state index contributed by atoms with van der Waals surface area (Å²) in [7, 11) is 0. The van der Waals surface area contributed by atoms with Crippen LogP contribution in [0.5, 0.6) is 0 Å². The summed E-state index contributed by atoms with van der Waals surface area (Å²) in [4.78, 5) is 46.2. The van der Waals surface area contributed by atoms with Crippen molar-refractivity contribution in [1.29, 1.82) is 0 Å². The molecule has 10 nitrogen and oxygen atoms in total. The highest BCUT2D eigenvalue weighted by Gasteiger charge is 2.30. The zero-order valence-corrected chi connectivity index (χ0v) is 14.4. The fourth-order valence-corrected chi connectivity index (χ4v) is 3.12. The molecule has 0 fully saturated rings. The average Bonchev–Trinajstić information content (AvgIpc) is 3.22. The highest BCUT2D eigenvalue weighted by atomic mass is 16.6. The van der Waals surface area contributed by atoms with E-state index in [2.05, 4.69) is 15.1 Å². The van der Waals surface area contributed by atoms with Gasteiger partial charge in [-0.3, -0.25) is 14.0 Å². The van der Waals surface area contributed by atoms with Gasteiger partial charge in [0, 0.05) is 23.7 Å². The first-order valence-electron chi connectivity index (χ1n) is 8.38. The molecule has 0 aliphatic heterocycles. The van der Waals surface area contributed by atoms with E-state index in [0.717, 1.165) is 5.56 Å². The Morgan fingerprint density at radius 3 is 2.68 bits per heavy atom. The van der Waals surface area contributed by atoms with Crippen molar-refractivity contribution in [2.75, 3.05) is 6.61 Å². The SMILES string of the molecule is O=C(O)CCCO/N=C1/c2ccccc2-c2[nH]c(=O)c3nc(C(=O)O)cn3c21. The fourth-order valence-electron chi connectivity index (χ4n) is 3.12. The number of rotatable bonds is 6. The lowest BCUT2D eigenvalue weighted by Gasteiger charge is -2.05. The quantitative estimate of drug-likeness (QED) is 0.337. The summed E-state index contributed by atoms with van der Waals surface area (Å²) < 4.78 is 1.39. The molecular weight excluding hydrogens is 368 g/mol. The molecule has 1 aliphatic rings. The molecule has 0 spiro atoms. The smallest absolute Gasteiger partial charge is 0.356 e. The monoisotopic (exact) mass is 382 g/mol. The number of imidazole rings is 1. The van der Waals surface area contributed by atoms with Gasteiger partial charge in [0.05, 0.1) is 5.69 Å². The van der Waals surface area contributed by atoms with Crippen molar-refractivity contribution < 1.29 is 24.6 Å². The number of aromatic amines is 1. The number of nitrogens with zero attached hydrogens (tertiary/aromatic N) is 3. The summed E-state index contributed by atoms with van der Waals surface area (Å²) in [5.41, 5.74) is 1.89. The Labute approximate surface area is 156 Å². The van der Waals surface area contributed by atoms with Crippen molar-refractivity contribution in [3.63, 3.8) is 0 Å². The zero-order valence-electron chi connectivity index (χ0n) is 14.4. The number of benzene rings is 1. The average molecular weight is 382 g/mol. The van der Waals surface area contributed by atoms with Crippen molar-refractivity contribution in [1.82, 2.24) is 14.4 Å². The Bertz CT molecular complexity index is 1210. The third-order valence-electron chi connectivity index (χ3n) is 4.30. The van der Waals surface area contributed by atoms with Gasteiger partial charge < -0.3 is 20.0 Å². The van der Waals surface area contributed by atoms with E-state index >= 15 is 0 Å². The number of fused-ring (bicyclic) bond motifs is 5. The number of aromatic nitrogens is 3. The van der Waals surface area contributed by atoms with Gasteiger partial charge in [-0.25, -0.2) is 9.78 Å². The molecule has 0 bridgehead atoms. The first-order valence-corrected chi connectivity index (χ1v) is 8.38. The summed E-state index contributed by atoms with van der Waals surface area (Å²) >= 11 is 0. The highest BCUT2D eigenvalue weighted by molar-refractivity contribution is 6.23. The van der Waals surface area contributed by atoms with Gasteiger partial charge in [0.15, 0.2) is 5.69 Å². The summed E-state index contributed by atoms with van der Waals surface area (Å²) in [5.74, 6) is -2.18. The van der Waals surface area contributed by atoms with Crippen molar-refractivity contribution in [2.45, 2.75) is 12.8 Å². The van der Waals surface area contributed by atoms with Gasteiger partial charge in [-0.2, -0.15) is 0 Å². The van der Waals surface area contributed by atoms with Crippen molar-refractivity contribution in [2.24, 2.45) is 5.16 Å². The van der Waals surface area contributed by atoms with Gasteiger partial charge >= 0.3 is 11.9 Å². The lowest BCUT2D eigenvalue weighted by molar-refractivity contribution is -0.137. The number of aliphatic carboxylic acids is 1. The second kappa shape index (κ2) is 6.65. The molecule has 0 saturated heterocycles. The van der Waals surface area contributed by atoms with Crippen molar-refractivity contribution in [3.8, 4) is 11.3 Å². The molecule has 0 radical (unpaired) electrons. The molecule has 0 amide bonds. The van der Waals surface area contributed by atoms with Gasteiger partial charge in [-0.05, 0) is 6.42 Å². The van der Waals surface area contributed by atoms with E-state index in [1.165, 1.54) is 10.6 Å². The Hall–Kier alpha value is -3.95. The molecule has 1 aliphatic carbocycles. The second-order valence-corrected chi connectivity index (χ2v) is 6.12. The maximum Gasteiger partial charge on any atom is 0.356 e. The number of H-pyrrole nitrogens is 1. The third-order valence-corrected chi connectivity index (χ3v) is 4.30. The summed E-state index contributed by atoms with van der Waals surface area (Å²) in [6.07, 6.45) is 1.51. The van der Waals surface area contributed by atoms with Gasteiger partial charge in [0.25, 0.3) is 5.56 Å². The predicted octanol–water partition coefficient (Wildman–Crippen LogP) is 1.33. The zero-order chi connectivity index (χ0) is 19.8. The normalized spacial score (nSPS) is 13.5. The molecule has 0 atom stereocenters. The minimum Gasteiger partial charge on any atom is -0.481 e. The standard InChI is InChI=1S/C18H14N4O6/c23-12(24)6-3-7-28-21-14-10-5-2-1-4-9(10)13-15(14)22-8-11(18(26)27)19-16(22)17(25)20-13/h1-2,4-5,8H,3,6-7H2,(H,20,25)(H,23,24)(H,26,27)/b21-14-. The molecule has 1 aromatic carbocycles. The summed E-state index contributed by atoms with van der Waals surface area (Å²) in [5, 5.41) is 22.1. The van der Waals surface area contributed by atoms with Gasteiger partial charge in [-0.1, -0.05) is 29.4 Å². The van der Waals surface area contributed by atoms with Crippen LogP contribution in [0.15, 0.2) is 40.4 Å². The van der Waals surface area contributed by atoms with Crippen molar-refractivity contribution >= 4 is 23.3 Å². The second-order valence-electron chi connectivity index (χ2n) is 6.12. The minimum absolute atomic E-state index is 0.0426. The number of hydrogen-bond acceptors (Lipinski definition) is 6. The molecule has 4 rings (SSSR count). The van der Waals surface area contributed by atoms with Crippen LogP contribution in [-0.4, -0.2) is 48.8 Å². The molecule has 3 aromatic rings. The number of nitrogens with one attached hydrogen (secondary N) is 1. The molecule has 0 saturated carbocycles. The lowest BCUT2D eigenvalue weighted by atomic mass is 10.1. The van der Waals surface area contributed by atoms with E-state index in [1.807, 2.05) is 0 Å².